The molecule has 154 valence electrons. The van der Waals surface area contributed by atoms with Gasteiger partial charge >= 0.3 is 17.9 Å². The number of para-hydroxylation sites is 2. The first-order valence-electron chi connectivity index (χ1n) is 8.59. The lowest BCUT2D eigenvalue weighted by Crippen LogP contribution is -2.11. The summed E-state index contributed by atoms with van der Waals surface area (Å²) >= 11 is 0.855. The molecular weight excluding hydrogens is 410 g/mol. The number of methoxy groups -OCH3 is 2. The lowest BCUT2D eigenvalue weighted by atomic mass is 10.1. The van der Waals surface area contributed by atoms with Crippen molar-refractivity contribution in [2.45, 2.75) is 6.61 Å². The molecule has 3 aromatic rings. The van der Waals surface area contributed by atoms with E-state index >= 15 is 0 Å². The summed E-state index contributed by atoms with van der Waals surface area (Å²) in [6, 6.07) is 7.32. The van der Waals surface area contributed by atoms with Crippen LogP contribution >= 0.6 is 11.3 Å². The summed E-state index contributed by atoms with van der Waals surface area (Å²) < 4.78 is 14.6. The molecule has 2 heterocycles. The number of fused-ring (bicyclic) bond motifs is 1. The van der Waals surface area contributed by atoms with E-state index in [9.17, 15) is 14.4 Å². The van der Waals surface area contributed by atoms with Crippen molar-refractivity contribution in [2.75, 3.05) is 20.0 Å². The molecule has 0 unspecified atom stereocenters. The van der Waals surface area contributed by atoms with Gasteiger partial charge in [0.15, 0.2) is 0 Å². The number of anilines is 1. The van der Waals surface area contributed by atoms with Gasteiger partial charge in [0.1, 0.15) is 22.0 Å². The number of nitrogens with zero attached hydrogens (tertiary/aromatic N) is 2. The van der Waals surface area contributed by atoms with Gasteiger partial charge in [-0.1, -0.05) is 12.1 Å². The van der Waals surface area contributed by atoms with Crippen LogP contribution in [0.5, 0.6) is 0 Å². The Hall–Kier alpha value is -3.79. The Morgan fingerprint density at radius 2 is 1.80 bits per heavy atom. The van der Waals surface area contributed by atoms with E-state index in [2.05, 4.69) is 9.97 Å². The van der Waals surface area contributed by atoms with Gasteiger partial charge in [-0.15, -0.1) is 11.3 Å². The first-order chi connectivity index (χ1) is 14.4. The van der Waals surface area contributed by atoms with Crippen LogP contribution in [0.2, 0.25) is 0 Å². The Morgan fingerprint density at radius 1 is 1.10 bits per heavy atom. The predicted octanol–water partition coefficient (Wildman–Crippen LogP) is 2.60. The van der Waals surface area contributed by atoms with Crippen LogP contribution in [-0.2, 0) is 25.6 Å². The van der Waals surface area contributed by atoms with Gasteiger partial charge in [-0.05, 0) is 18.2 Å². The summed E-state index contributed by atoms with van der Waals surface area (Å²) in [6.07, 6.45) is 4.15. The van der Waals surface area contributed by atoms with E-state index in [1.165, 1.54) is 32.6 Å². The zero-order valence-corrected chi connectivity index (χ0v) is 16.9. The quantitative estimate of drug-likeness (QED) is 0.358. The molecule has 0 fully saturated rings. The predicted molar refractivity (Wildman–Crippen MR) is 110 cm³/mol. The number of rotatable bonds is 6. The van der Waals surface area contributed by atoms with E-state index in [-0.39, 0.29) is 27.6 Å². The van der Waals surface area contributed by atoms with Crippen molar-refractivity contribution in [1.29, 1.82) is 0 Å². The Labute approximate surface area is 175 Å². The topological polar surface area (TPSA) is 131 Å². The second kappa shape index (κ2) is 9.14. The Kier molecular flexibility index (Phi) is 6.38. The highest BCUT2D eigenvalue weighted by Crippen LogP contribution is 2.33. The van der Waals surface area contributed by atoms with Crippen LogP contribution in [-0.4, -0.2) is 42.1 Å². The maximum atomic E-state index is 12.1. The van der Waals surface area contributed by atoms with E-state index in [0.717, 1.165) is 16.9 Å². The number of hydrogen-bond acceptors (Lipinski definition) is 10. The molecule has 0 bridgehead atoms. The lowest BCUT2D eigenvalue weighted by molar-refractivity contribution is -0.138. The largest absolute Gasteiger partial charge is 0.465 e. The molecule has 0 saturated carbocycles. The summed E-state index contributed by atoms with van der Waals surface area (Å²) in [5.74, 6) is -2.15. The Bertz CT molecular complexity index is 1150. The number of thiophene rings is 1. The van der Waals surface area contributed by atoms with Gasteiger partial charge in [-0.25, -0.2) is 19.4 Å². The van der Waals surface area contributed by atoms with Gasteiger partial charge < -0.3 is 19.9 Å². The number of benzene rings is 1. The Morgan fingerprint density at radius 3 is 2.50 bits per heavy atom. The van der Waals surface area contributed by atoms with Crippen molar-refractivity contribution in [3.63, 3.8) is 0 Å². The van der Waals surface area contributed by atoms with Crippen LogP contribution in [0.1, 0.15) is 31.3 Å². The molecule has 0 radical (unpaired) electrons. The molecule has 0 saturated heterocycles. The fourth-order valence-electron chi connectivity index (χ4n) is 2.60. The van der Waals surface area contributed by atoms with Crippen LogP contribution < -0.4 is 5.73 Å². The van der Waals surface area contributed by atoms with Crippen LogP contribution in [0, 0.1) is 0 Å². The second-order valence-electron chi connectivity index (χ2n) is 5.86. The number of hydrogen-bond donors (Lipinski definition) is 1. The first kappa shape index (κ1) is 20.9. The number of ether oxygens (including phenoxy) is 3. The molecule has 0 spiro atoms. The van der Waals surface area contributed by atoms with Crippen molar-refractivity contribution in [2.24, 2.45) is 0 Å². The van der Waals surface area contributed by atoms with Crippen LogP contribution in [0.15, 0.2) is 36.5 Å². The van der Waals surface area contributed by atoms with Crippen molar-refractivity contribution in [1.82, 2.24) is 9.97 Å². The van der Waals surface area contributed by atoms with Gasteiger partial charge in [-0.2, -0.15) is 0 Å². The van der Waals surface area contributed by atoms with E-state index < -0.39 is 17.9 Å². The third kappa shape index (κ3) is 4.44. The molecule has 3 rings (SSSR count). The second-order valence-corrected chi connectivity index (χ2v) is 6.91. The molecule has 2 aromatic heterocycles. The third-order valence-electron chi connectivity index (χ3n) is 4.01. The minimum atomic E-state index is -0.744. The maximum absolute atomic E-state index is 12.1. The first-order valence-corrected chi connectivity index (χ1v) is 9.40. The summed E-state index contributed by atoms with van der Waals surface area (Å²) in [7, 11) is 2.37. The molecule has 0 aliphatic heterocycles. The van der Waals surface area contributed by atoms with Crippen molar-refractivity contribution in [3.05, 3.63) is 58.2 Å². The van der Waals surface area contributed by atoms with Gasteiger partial charge in [0.25, 0.3) is 0 Å². The number of nitrogen functional groups attached to an aromatic ring is 1. The zero-order chi connectivity index (χ0) is 21.7. The highest BCUT2D eigenvalue weighted by atomic mass is 32.1. The molecule has 9 nitrogen and oxygen atoms in total. The SMILES string of the molecule is COC(=O)c1sc(N)c(C(=O)OC)c1COC(=O)/C=C/c1cnc2ccccc2n1. The lowest BCUT2D eigenvalue weighted by Gasteiger charge is -2.06. The molecule has 0 aliphatic carbocycles. The Balaban J connectivity index is 1.76. The minimum absolute atomic E-state index is 0.0277. The fraction of sp³-hybridized carbons (Fsp3) is 0.150. The molecule has 1 aromatic carbocycles. The number of nitrogens with two attached hydrogens (primary N) is 1. The zero-order valence-electron chi connectivity index (χ0n) is 16.1. The number of carbonyl (C=O) groups excluding carboxylic acids is 3. The summed E-state index contributed by atoms with van der Waals surface area (Å²) in [5, 5.41) is 0.0651. The summed E-state index contributed by atoms with van der Waals surface area (Å²) in [5.41, 5.74) is 7.83. The molecule has 0 atom stereocenters. The van der Waals surface area contributed by atoms with Crippen molar-refractivity contribution < 1.29 is 28.6 Å². The normalized spacial score (nSPS) is 10.9. The van der Waals surface area contributed by atoms with Crippen LogP contribution in [0.25, 0.3) is 17.1 Å². The smallest absolute Gasteiger partial charge is 0.348 e. The summed E-state index contributed by atoms with van der Waals surface area (Å²) in [6.45, 7) is -0.366. The van der Waals surface area contributed by atoms with E-state index in [0.29, 0.717) is 11.2 Å². The summed E-state index contributed by atoms with van der Waals surface area (Å²) in [4.78, 5) is 44.8. The van der Waals surface area contributed by atoms with Crippen molar-refractivity contribution >= 4 is 51.4 Å². The molecular formula is C20H17N3O6S. The molecule has 2 N–H and O–H groups in total. The third-order valence-corrected chi connectivity index (χ3v) is 5.05. The molecule has 0 aliphatic rings. The monoisotopic (exact) mass is 427 g/mol. The van der Waals surface area contributed by atoms with Crippen LogP contribution in [0.4, 0.5) is 5.00 Å². The van der Waals surface area contributed by atoms with Crippen LogP contribution in [0.3, 0.4) is 0 Å². The standard InChI is InChI=1S/C20H17N3O6S/c1-27-19(25)16-12(17(20(26)28-2)30-18(16)21)10-29-15(24)8-7-11-9-22-13-5-3-4-6-14(13)23-11/h3-9H,10,21H2,1-2H3/b8-7+. The van der Waals surface area contributed by atoms with E-state index in [1.54, 1.807) is 0 Å². The molecule has 30 heavy (non-hydrogen) atoms. The molecule has 0 amide bonds. The number of aromatic nitrogens is 2. The van der Waals surface area contributed by atoms with Gasteiger partial charge in [-0.3, -0.25) is 4.98 Å². The van der Waals surface area contributed by atoms with Gasteiger partial charge in [0.2, 0.25) is 0 Å². The van der Waals surface area contributed by atoms with Crippen molar-refractivity contribution in [3.8, 4) is 0 Å². The van der Waals surface area contributed by atoms with E-state index in [4.69, 9.17) is 19.9 Å². The molecule has 10 heteroatoms. The van der Waals surface area contributed by atoms with Gasteiger partial charge in [0, 0.05) is 11.6 Å². The highest BCUT2D eigenvalue weighted by molar-refractivity contribution is 7.18. The number of esters is 3. The average molecular weight is 427 g/mol. The fourth-order valence-corrected chi connectivity index (χ4v) is 3.58. The maximum Gasteiger partial charge on any atom is 0.348 e. The number of carbonyl (C=O) groups is 3. The average Bonchev–Trinajstić information content (AvgIpc) is 3.10. The van der Waals surface area contributed by atoms with E-state index in [1.807, 2.05) is 24.3 Å². The highest BCUT2D eigenvalue weighted by Gasteiger charge is 2.27. The van der Waals surface area contributed by atoms with Gasteiger partial charge in [0.05, 0.1) is 37.1 Å². The minimum Gasteiger partial charge on any atom is -0.465 e.